The van der Waals surface area contributed by atoms with Crippen LogP contribution in [0.5, 0.6) is 0 Å². The Morgan fingerprint density at radius 1 is 0.783 bits per heavy atom. The van der Waals surface area contributed by atoms with Crippen molar-refractivity contribution >= 4 is 17.7 Å². The highest BCUT2D eigenvalue weighted by molar-refractivity contribution is 7.99. The predicted molar refractivity (Wildman–Crippen MR) is 104 cm³/mol. The van der Waals surface area contributed by atoms with Crippen LogP contribution in [0.15, 0.2) is 12.2 Å². The molecule has 136 valence electrons. The Balaban J connectivity index is 3.06. The van der Waals surface area contributed by atoms with Crippen molar-refractivity contribution in [2.45, 2.75) is 96.8 Å². The molecule has 0 fully saturated rings. The molecule has 0 bridgehead atoms. The predicted octanol–water partition coefficient (Wildman–Crippen LogP) is 6.84. The van der Waals surface area contributed by atoms with Crippen LogP contribution in [0.2, 0.25) is 0 Å². The molecular formula is C20H38O2S. The largest absolute Gasteiger partial charge is 0.481 e. The molecule has 0 aliphatic heterocycles. The molecule has 0 aliphatic rings. The maximum absolute atomic E-state index is 10.3. The fourth-order valence-electron chi connectivity index (χ4n) is 2.61. The van der Waals surface area contributed by atoms with E-state index < -0.39 is 5.97 Å². The molecule has 0 saturated heterocycles. The van der Waals surface area contributed by atoms with Gasteiger partial charge in [0.05, 0.1) is 5.75 Å². The summed E-state index contributed by atoms with van der Waals surface area (Å²) in [4.78, 5) is 10.3. The van der Waals surface area contributed by atoms with Gasteiger partial charge in [0.15, 0.2) is 0 Å². The lowest BCUT2D eigenvalue weighted by atomic mass is 10.1. The van der Waals surface area contributed by atoms with E-state index in [0.717, 1.165) is 12.2 Å². The van der Waals surface area contributed by atoms with Crippen molar-refractivity contribution in [2.24, 2.45) is 0 Å². The van der Waals surface area contributed by atoms with Crippen LogP contribution in [-0.2, 0) is 4.79 Å². The first-order valence-electron chi connectivity index (χ1n) is 9.72. The van der Waals surface area contributed by atoms with E-state index in [1.54, 1.807) is 0 Å². The number of carboxylic acid groups (broad SMARTS) is 1. The van der Waals surface area contributed by atoms with E-state index >= 15 is 0 Å². The number of carboxylic acids is 1. The average Bonchev–Trinajstić information content (AvgIpc) is 2.53. The molecular weight excluding hydrogens is 304 g/mol. The van der Waals surface area contributed by atoms with E-state index in [1.165, 1.54) is 95.2 Å². The molecule has 2 nitrogen and oxygen atoms in total. The van der Waals surface area contributed by atoms with Gasteiger partial charge >= 0.3 is 5.97 Å². The number of thioether (sulfide) groups is 1. The summed E-state index contributed by atoms with van der Waals surface area (Å²) in [5, 5.41) is 8.52. The van der Waals surface area contributed by atoms with Gasteiger partial charge in [0, 0.05) is 0 Å². The van der Waals surface area contributed by atoms with Crippen LogP contribution in [0.3, 0.4) is 0 Å². The molecule has 1 N–H and O–H groups in total. The summed E-state index contributed by atoms with van der Waals surface area (Å²) in [6.07, 6.45) is 23.3. The topological polar surface area (TPSA) is 37.3 Å². The van der Waals surface area contributed by atoms with Crippen LogP contribution in [-0.4, -0.2) is 22.6 Å². The zero-order valence-electron chi connectivity index (χ0n) is 15.2. The second kappa shape index (κ2) is 19.6. The molecule has 0 unspecified atom stereocenters. The van der Waals surface area contributed by atoms with Gasteiger partial charge in [-0.1, -0.05) is 76.9 Å². The van der Waals surface area contributed by atoms with Gasteiger partial charge in [-0.25, -0.2) is 0 Å². The summed E-state index contributed by atoms with van der Waals surface area (Å²) in [5.74, 6) is 0.554. The van der Waals surface area contributed by atoms with Gasteiger partial charge in [-0.2, -0.15) is 11.8 Å². The maximum Gasteiger partial charge on any atom is 0.313 e. The molecule has 0 saturated carbocycles. The van der Waals surface area contributed by atoms with Crippen LogP contribution in [0, 0.1) is 0 Å². The van der Waals surface area contributed by atoms with E-state index in [-0.39, 0.29) is 5.75 Å². The molecule has 0 aromatic carbocycles. The Labute approximate surface area is 148 Å². The SMILES string of the molecule is CCCCCCCC/C=C\CCCCCCCCSCC(=O)O. The summed E-state index contributed by atoms with van der Waals surface area (Å²) in [7, 11) is 0. The number of unbranched alkanes of at least 4 members (excludes halogenated alkanes) is 12. The molecule has 0 amide bonds. The third kappa shape index (κ3) is 21.6. The van der Waals surface area contributed by atoms with E-state index in [2.05, 4.69) is 19.1 Å². The van der Waals surface area contributed by atoms with Gasteiger partial charge < -0.3 is 5.11 Å². The van der Waals surface area contributed by atoms with Crippen molar-refractivity contribution in [3.05, 3.63) is 12.2 Å². The second-order valence-electron chi connectivity index (χ2n) is 6.38. The normalized spacial score (nSPS) is 11.3. The van der Waals surface area contributed by atoms with Crippen molar-refractivity contribution in [1.29, 1.82) is 0 Å². The van der Waals surface area contributed by atoms with Crippen LogP contribution in [0.4, 0.5) is 0 Å². The standard InChI is InChI=1S/C20H38O2S/c1-2-3-4-5-6-7-8-9-10-11-12-13-14-15-16-17-18-23-19-20(21)22/h9-10H,2-8,11-19H2,1H3,(H,21,22)/b10-9-. The van der Waals surface area contributed by atoms with Crippen molar-refractivity contribution < 1.29 is 9.90 Å². The zero-order valence-corrected chi connectivity index (χ0v) is 16.0. The molecule has 0 aliphatic carbocycles. The molecule has 3 heteroatoms. The molecule has 23 heavy (non-hydrogen) atoms. The molecule has 0 spiro atoms. The van der Waals surface area contributed by atoms with Crippen LogP contribution in [0.1, 0.15) is 96.8 Å². The van der Waals surface area contributed by atoms with Crippen molar-refractivity contribution in [3.8, 4) is 0 Å². The third-order valence-electron chi connectivity index (χ3n) is 4.03. The summed E-state index contributed by atoms with van der Waals surface area (Å²) < 4.78 is 0. The molecule has 0 radical (unpaired) electrons. The summed E-state index contributed by atoms with van der Waals surface area (Å²) >= 11 is 1.54. The minimum absolute atomic E-state index is 0.255. The highest BCUT2D eigenvalue weighted by atomic mass is 32.2. The first-order chi connectivity index (χ1) is 11.3. The fourth-order valence-corrected chi connectivity index (χ4v) is 3.34. The van der Waals surface area contributed by atoms with Crippen LogP contribution in [0.25, 0.3) is 0 Å². The van der Waals surface area contributed by atoms with E-state index in [9.17, 15) is 4.79 Å². The monoisotopic (exact) mass is 342 g/mol. The van der Waals surface area contributed by atoms with Gasteiger partial charge in [-0.05, 0) is 37.9 Å². The summed E-state index contributed by atoms with van der Waals surface area (Å²) in [6.45, 7) is 2.27. The smallest absolute Gasteiger partial charge is 0.313 e. The average molecular weight is 343 g/mol. The van der Waals surface area contributed by atoms with Gasteiger partial charge in [-0.3, -0.25) is 4.79 Å². The molecule has 0 heterocycles. The lowest BCUT2D eigenvalue weighted by Gasteiger charge is -2.01. The zero-order chi connectivity index (χ0) is 17.0. The molecule has 0 aromatic heterocycles. The Morgan fingerprint density at radius 2 is 1.26 bits per heavy atom. The Kier molecular flexibility index (Phi) is 19.2. The highest BCUT2D eigenvalue weighted by Gasteiger charge is 1.96. The Hall–Kier alpha value is -0.440. The van der Waals surface area contributed by atoms with Gasteiger partial charge in [-0.15, -0.1) is 0 Å². The molecule has 0 rings (SSSR count). The first kappa shape index (κ1) is 22.6. The highest BCUT2D eigenvalue weighted by Crippen LogP contribution is 2.11. The van der Waals surface area contributed by atoms with Crippen molar-refractivity contribution in [2.75, 3.05) is 11.5 Å². The van der Waals surface area contributed by atoms with Crippen molar-refractivity contribution in [3.63, 3.8) is 0 Å². The summed E-state index contributed by atoms with van der Waals surface area (Å²) in [5.41, 5.74) is 0. The number of hydrogen-bond acceptors (Lipinski definition) is 2. The van der Waals surface area contributed by atoms with Crippen LogP contribution < -0.4 is 0 Å². The quantitative estimate of drug-likeness (QED) is 0.219. The lowest BCUT2D eigenvalue weighted by Crippen LogP contribution is -1.98. The number of rotatable bonds is 18. The molecule has 0 aromatic rings. The Bertz CT molecular complexity index is 277. The molecule has 0 atom stereocenters. The van der Waals surface area contributed by atoms with E-state index in [0.29, 0.717) is 0 Å². The summed E-state index contributed by atoms with van der Waals surface area (Å²) in [6, 6.07) is 0. The number of aliphatic carboxylic acids is 1. The first-order valence-corrected chi connectivity index (χ1v) is 10.9. The third-order valence-corrected chi connectivity index (χ3v) is 5.05. The van der Waals surface area contributed by atoms with Gasteiger partial charge in [0.2, 0.25) is 0 Å². The number of hydrogen-bond donors (Lipinski definition) is 1. The Morgan fingerprint density at radius 3 is 1.78 bits per heavy atom. The van der Waals surface area contributed by atoms with Gasteiger partial charge in [0.1, 0.15) is 0 Å². The minimum atomic E-state index is -0.695. The van der Waals surface area contributed by atoms with Gasteiger partial charge in [0.25, 0.3) is 0 Å². The lowest BCUT2D eigenvalue weighted by molar-refractivity contribution is -0.133. The fraction of sp³-hybridized carbons (Fsp3) is 0.850. The van der Waals surface area contributed by atoms with E-state index in [1.807, 2.05) is 0 Å². The number of allylic oxidation sites excluding steroid dienone is 2. The van der Waals surface area contributed by atoms with E-state index in [4.69, 9.17) is 5.11 Å². The minimum Gasteiger partial charge on any atom is -0.481 e. The second-order valence-corrected chi connectivity index (χ2v) is 7.49. The number of carbonyl (C=O) groups is 1. The van der Waals surface area contributed by atoms with Crippen molar-refractivity contribution in [1.82, 2.24) is 0 Å². The van der Waals surface area contributed by atoms with Crippen LogP contribution >= 0.6 is 11.8 Å². The maximum atomic E-state index is 10.3.